The Morgan fingerprint density at radius 2 is 1.74 bits per heavy atom. The van der Waals surface area contributed by atoms with Gasteiger partial charge in [0.25, 0.3) is 0 Å². The van der Waals surface area contributed by atoms with E-state index in [-0.39, 0.29) is 17.0 Å². The lowest BCUT2D eigenvalue weighted by Gasteiger charge is -2.18. The van der Waals surface area contributed by atoms with Gasteiger partial charge in [-0.2, -0.15) is 5.21 Å². The molecule has 0 aliphatic heterocycles. The van der Waals surface area contributed by atoms with Gasteiger partial charge in [0.15, 0.2) is 0 Å². The largest absolute Gasteiger partial charge is 0.291 e. The predicted octanol–water partition coefficient (Wildman–Crippen LogP) is 4.06. The molecule has 2 aromatic carbocycles. The van der Waals surface area contributed by atoms with Crippen LogP contribution in [-0.4, -0.2) is 41.2 Å². The minimum absolute atomic E-state index is 0.0438. The summed E-state index contributed by atoms with van der Waals surface area (Å²) in [5.41, 5.74) is 3.86. The summed E-state index contributed by atoms with van der Waals surface area (Å²) in [4.78, 5) is 16.7. The van der Waals surface area contributed by atoms with Crippen molar-refractivity contribution < 1.29 is 4.79 Å². The zero-order chi connectivity index (χ0) is 22.0. The fraction of sp³-hybridized carbons (Fsp3) is 0.304. The third-order valence-corrected chi connectivity index (χ3v) is 5.02. The maximum Gasteiger partial charge on any atom is 0.217 e. The maximum atomic E-state index is 12.1. The van der Waals surface area contributed by atoms with Crippen LogP contribution in [0.5, 0.6) is 0 Å². The number of ketones is 1. The number of hydrogen-bond acceptors (Lipinski definition) is 6. The number of benzene rings is 2. The number of carbonyl (C=O) groups excluding carboxylic acids is 1. The highest BCUT2D eigenvalue weighted by Gasteiger charge is 2.25. The van der Waals surface area contributed by atoms with E-state index in [9.17, 15) is 4.79 Å². The van der Waals surface area contributed by atoms with Gasteiger partial charge in [-0.3, -0.25) is 4.79 Å². The van der Waals surface area contributed by atoms with Crippen LogP contribution in [0, 0.1) is 0 Å². The molecule has 0 saturated carbocycles. The number of nitrogens with zero attached hydrogens (tertiary/aromatic N) is 6. The predicted molar refractivity (Wildman–Crippen MR) is 117 cm³/mol. The molecule has 1 N–H and O–H groups in total. The van der Waals surface area contributed by atoms with Crippen molar-refractivity contribution in [3.8, 4) is 22.5 Å². The monoisotopic (exact) mass is 415 g/mol. The average Bonchev–Trinajstić information content (AvgIpc) is 3.44. The summed E-state index contributed by atoms with van der Waals surface area (Å²) in [6.07, 6.45) is 0.391. The van der Waals surface area contributed by atoms with Crippen molar-refractivity contribution in [2.75, 3.05) is 0 Å². The van der Waals surface area contributed by atoms with Gasteiger partial charge in [0, 0.05) is 17.4 Å². The van der Waals surface area contributed by atoms with E-state index < -0.39 is 0 Å². The first-order chi connectivity index (χ1) is 14.9. The second-order valence-electron chi connectivity index (χ2n) is 8.42. The maximum absolute atomic E-state index is 12.1. The zero-order valence-corrected chi connectivity index (χ0v) is 18.1. The number of hydrogen-bond donors (Lipinski definition) is 1. The molecule has 0 radical (unpaired) electrons. The highest BCUT2D eigenvalue weighted by Crippen LogP contribution is 2.30. The molecule has 0 bridgehead atoms. The normalized spacial score (nSPS) is 11.6. The van der Waals surface area contributed by atoms with E-state index in [1.807, 2.05) is 35.9 Å². The van der Waals surface area contributed by atoms with Crippen molar-refractivity contribution in [3.05, 3.63) is 65.7 Å². The van der Waals surface area contributed by atoms with Crippen molar-refractivity contribution in [2.45, 2.75) is 46.1 Å². The van der Waals surface area contributed by atoms with Crippen LogP contribution in [0.15, 0.2) is 48.5 Å². The summed E-state index contributed by atoms with van der Waals surface area (Å²) in [7, 11) is 0. The standard InChI is InChI=1S/C23H25N7O/c1-5-19(31)21-24-22(23(2,3)4)30(27-21)14-15-10-12-16(13-11-15)17-8-6-7-9-18(17)20-25-28-29-26-20/h6-13H,5,14H2,1-4H3,(H,25,26,28,29). The van der Waals surface area contributed by atoms with E-state index in [2.05, 4.69) is 75.7 Å². The molecule has 4 aromatic rings. The Morgan fingerprint density at radius 3 is 2.35 bits per heavy atom. The van der Waals surface area contributed by atoms with Gasteiger partial charge in [0.05, 0.1) is 6.54 Å². The van der Waals surface area contributed by atoms with Crippen LogP contribution < -0.4 is 0 Å². The first kappa shape index (κ1) is 20.6. The highest BCUT2D eigenvalue weighted by atomic mass is 16.1. The number of aromatic amines is 1. The van der Waals surface area contributed by atoms with E-state index in [0.717, 1.165) is 28.1 Å². The van der Waals surface area contributed by atoms with Crippen LogP contribution in [0.1, 0.15) is 56.1 Å². The molecule has 0 fully saturated rings. The molecule has 0 atom stereocenters. The fourth-order valence-corrected chi connectivity index (χ4v) is 3.45. The summed E-state index contributed by atoms with van der Waals surface area (Å²) >= 11 is 0. The van der Waals surface area contributed by atoms with Gasteiger partial charge in [0.2, 0.25) is 17.4 Å². The van der Waals surface area contributed by atoms with Gasteiger partial charge in [0.1, 0.15) is 5.82 Å². The molecule has 4 rings (SSSR count). The number of Topliss-reactive ketones (excluding diaryl/α,β-unsaturated/α-hetero) is 1. The van der Waals surface area contributed by atoms with Gasteiger partial charge in [-0.05, 0) is 21.9 Å². The highest BCUT2D eigenvalue weighted by molar-refractivity contribution is 5.92. The smallest absolute Gasteiger partial charge is 0.217 e. The van der Waals surface area contributed by atoms with Gasteiger partial charge in [-0.1, -0.05) is 76.2 Å². The van der Waals surface area contributed by atoms with Crippen LogP contribution >= 0.6 is 0 Å². The Kier molecular flexibility index (Phi) is 5.46. The van der Waals surface area contributed by atoms with E-state index in [1.54, 1.807) is 0 Å². The first-order valence-electron chi connectivity index (χ1n) is 10.3. The van der Waals surface area contributed by atoms with Crippen LogP contribution in [0.2, 0.25) is 0 Å². The van der Waals surface area contributed by atoms with Crippen molar-refractivity contribution in [1.29, 1.82) is 0 Å². The van der Waals surface area contributed by atoms with Gasteiger partial charge >= 0.3 is 0 Å². The van der Waals surface area contributed by atoms with Crippen molar-refractivity contribution >= 4 is 5.78 Å². The fourth-order valence-electron chi connectivity index (χ4n) is 3.45. The quantitative estimate of drug-likeness (QED) is 0.476. The number of tetrazole rings is 1. The molecule has 0 amide bonds. The molecule has 0 aliphatic rings. The summed E-state index contributed by atoms with van der Waals surface area (Å²) in [5, 5.41) is 18.9. The Hall–Kier alpha value is -3.68. The zero-order valence-electron chi connectivity index (χ0n) is 18.1. The van der Waals surface area contributed by atoms with Gasteiger partial charge in [-0.15, -0.1) is 15.3 Å². The molecule has 0 spiro atoms. The Morgan fingerprint density at radius 1 is 1.03 bits per heavy atom. The number of rotatable bonds is 6. The number of H-pyrrole nitrogens is 1. The minimum atomic E-state index is -0.219. The lowest BCUT2D eigenvalue weighted by molar-refractivity contribution is 0.0978. The van der Waals surface area contributed by atoms with Gasteiger partial charge < -0.3 is 0 Å². The lowest BCUT2D eigenvalue weighted by Crippen LogP contribution is -2.20. The summed E-state index contributed by atoms with van der Waals surface area (Å²) in [6, 6.07) is 16.2. The third-order valence-electron chi connectivity index (χ3n) is 5.02. The summed E-state index contributed by atoms with van der Waals surface area (Å²) in [5.74, 6) is 1.61. The SMILES string of the molecule is CCC(=O)c1nc(C(C)(C)C)n(Cc2ccc(-c3ccccc3-c3nn[nH]n3)cc2)n1. The van der Waals surface area contributed by atoms with E-state index in [1.165, 1.54) is 0 Å². The first-order valence-corrected chi connectivity index (χ1v) is 10.3. The molecule has 0 aliphatic carbocycles. The Labute approximate surface area is 180 Å². The van der Waals surface area contributed by atoms with E-state index in [0.29, 0.717) is 18.8 Å². The topological polar surface area (TPSA) is 102 Å². The Balaban J connectivity index is 1.64. The van der Waals surface area contributed by atoms with Crippen molar-refractivity contribution in [2.24, 2.45) is 0 Å². The van der Waals surface area contributed by atoms with Crippen molar-refractivity contribution in [1.82, 2.24) is 35.4 Å². The molecule has 8 heteroatoms. The number of aromatic nitrogens is 7. The average molecular weight is 416 g/mol. The molecular formula is C23H25N7O. The molecule has 0 saturated heterocycles. The van der Waals surface area contributed by atoms with Crippen LogP contribution in [0.3, 0.4) is 0 Å². The van der Waals surface area contributed by atoms with Crippen molar-refractivity contribution in [3.63, 3.8) is 0 Å². The molecule has 2 heterocycles. The lowest BCUT2D eigenvalue weighted by atomic mass is 9.95. The number of carbonyl (C=O) groups is 1. The van der Waals surface area contributed by atoms with Crippen LogP contribution in [0.4, 0.5) is 0 Å². The summed E-state index contributed by atoms with van der Waals surface area (Å²) in [6.45, 7) is 8.59. The van der Waals surface area contributed by atoms with Crippen LogP contribution in [0.25, 0.3) is 22.5 Å². The third kappa shape index (κ3) is 4.28. The molecule has 8 nitrogen and oxygen atoms in total. The number of nitrogens with one attached hydrogen (secondary N) is 1. The minimum Gasteiger partial charge on any atom is -0.291 e. The van der Waals surface area contributed by atoms with E-state index in [4.69, 9.17) is 0 Å². The molecule has 2 aromatic heterocycles. The summed E-state index contributed by atoms with van der Waals surface area (Å²) < 4.78 is 1.84. The molecular weight excluding hydrogens is 390 g/mol. The molecule has 31 heavy (non-hydrogen) atoms. The molecule has 0 unspecified atom stereocenters. The second-order valence-corrected chi connectivity index (χ2v) is 8.42. The second kappa shape index (κ2) is 8.22. The van der Waals surface area contributed by atoms with E-state index >= 15 is 0 Å². The van der Waals surface area contributed by atoms with Gasteiger partial charge in [-0.25, -0.2) is 9.67 Å². The molecule has 158 valence electrons. The van der Waals surface area contributed by atoms with Crippen LogP contribution in [-0.2, 0) is 12.0 Å². The Bertz CT molecular complexity index is 1190.